The minimum Gasteiger partial charge on any atom is -0.186 e. The second kappa shape index (κ2) is 5.79. The molecule has 0 aromatic carbocycles. The van der Waals surface area contributed by atoms with Gasteiger partial charge in [-0.3, -0.25) is 0 Å². The number of allylic oxidation sites excluding steroid dienone is 2. The molecular formula is C4H7BrPb. The van der Waals surface area contributed by atoms with Gasteiger partial charge in [0.25, 0.3) is 0 Å². The van der Waals surface area contributed by atoms with Crippen molar-refractivity contribution in [1.29, 1.82) is 0 Å². The topological polar surface area (TPSA) is 0 Å². The van der Waals surface area contributed by atoms with Gasteiger partial charge in [0.1, 0.15) is 0 Å². The van der Waals surface area contributed by atoms with Gasteiger partial charge in [-0.2, -0.15) is 6.58 Å². The molecule has 0 amide bonds. The van der Waals surface area contributed by atoms with Crippen LogP contribution in [0.3, 0.4) is 0 Å². The SMILES string of the molecule is [CH+]=C(Br)C=[CH-].[HH].[HH].[Pb]. The Morgan fingerprint density at radius 2 is 2.17 bits per heavy atom. The summed E-state index contributed by atoms with van der Waals surface area (Å²) in [6.07, 6.45) is 1.28. The van der Waals surface area contributed by atoms with Crippen LogP contribution in [0.1, 0.15) is 2.85 Å². The molecule has 0 bridgehead atoms. The molecule has 0 heterocycles. The van der Waals surface area contributed by atoms with Crippen LogP contribution < -0.4 is 0 Å². The summed E-state index contributed by atoms with van der Waals surface area (Å²) in [5, 5.41) is 0. The van der Waals surface area contributed by atoms with Crippen LogP contribution in [0.4, 0.5) is 0 Å². The molecule has 0 N–H and O–H groups in total. The first-order chi connectivity index (χ1) is 2.27. The first kappa shape index (κ1) is 9.92. The summed E-state index contributed by atoms with van der Waals surface area (Å²) in [5.41, 5.74) is 0. The van der Waals surface area contributed by atoms with Crippen LogP contribution in [-0.2, 0) is 0 Å². The predicted octanol–water partition coefficient (Wildman–Crippen LogP) is 1.80. The fourth-order valence-electron chi connectivity index (χ4n) is 0. The van der Waals surface area contributed by atoms with Crippen LogP contribution in [0.25, 0.3) is 0 Å². The number of rotatable bonds is 1. The Hall–Kier alpha value is 0.792. The van der Waals surface area contributed by atoms with Gasteiger partial charge in [0.15, 0.2) is 0 Å². The van der Waals surface area contributed by atoms with E-state index in [2.05, 4.69) is 15.9 Å². The molecule has 2 heteroatoms. The van der Waals surface area contributed by atoms with Gasteiger partial charge in [-0.1, -0.05) is 6.08 Å². The van der Waals surface area contributed by atoms with Crippen molar-refractivity contribution in [2.24, 2.45) is 0 Å². The maximum Gasteiger partial charge on any atom is 0.0813 e. The summed E-state index contributed by atoms with van der Waals surface area (Å²) in [4.78, 5) is 0. The first-order valence-corrected chi connectivity index (χ1v) is 1.89. The average Bonchev–Trinajstić information content (AvgIpc) is 1.38. The standard InChI is InChI=1S/C4H3Br.Pb.2H2/c1-3-4(2)5;;;/h1-3H;;2*1H. The van der Waals surface area contributed by atoms with Gasteiger partial charge < -0.3 is 0 Å². The Kier molecular flexibility index (Phi) is 9.58. The van der Waals surface area contributed by atoms with Gasteiger partial charge in [0.2, 0.25) is 0 Å². The zero-order chi connectivity index (χ0) is 4.28. The molecule has 0 unspecified atom stereocenters. The zero-order valence-corrected chi connectivity index (χ0v) is 8.58. The molecule has 0 aliphatic heterocycles. The smallest absolute Gasteiger partial charge is 0.0813 e. The molecule has 0 spiro atoms. The van der Waals surface area contributed by atoms with E-state index in [-0.39, 0.29) is 30.2 Å². The molecule has 0 aliphatic carbocycles. The molecule has 0 fully saturated rings. The number of hydrogen-bond donors (Lipinski definition) is 0. The van der Waals surface area contributed by atoms with Crippen LogP contribution in [-0.4, -0.2) is 27.3 Å². The van der Waals surface area contributed by atoms with Gasteiger partial charge >= 0.3 is 0 Å². The van der Waals surface area contributed by atoms with E-state index < -0.39 is 0 Å². The monoisotopic (exact) mass is 342 g/mol. The van der Waals surface area contributed by atoms with Gasteiger partial charge in [0, 0.05) is 30.2 Å². The van der Waals surface area contributed by atoms with Crippen molar-refractivity contribution in [1.82, 2.24) is 0 Å². The summed E-state index contributed by atoms with van der Waals surface area (Å²) in [6.45, 7) is 9.78. The summed E-state index contributed by atoms with van der Waals surface area (Å²) in [6, 6.07) is 0. The van der Waals surface area contributed by atoms with Crippen LogP contribution in [0.15, 0.2) is 10.6 Å². The molecule has 0 aromatic heterocycles. The van der Waals surface area contributed by atoms with Crippen molar-refractivity contribution in [2.75, 3.05) is 0 Å². The van der Waals surface area contributed by atoms with Gasteiger partial charge in [-0.25, -0.2) is 0 Å². The van der Waals surface area contributed by atoms with Crippen LogP contribution in [0, 0.1) is 13.2 Å². The molecule has 0 saturated carbocycles. The molecule has 0 nitrogen and oxygen atoms in total. The van der Waals surface area contributed by atoms with Crippen molar-refractivity contribution >= 4 is 43.2 Å². The predicted molar refractivity (Wildman–Crippen MR) is 35.6 cm³/mol. The second-order valence-corrected chi connectivity index (χ2v) is 1.47. The van der Waals surface area contributed by atoms with E-state index in [1.54, 1.807) is 0 Å². The van der Waals surface area contributed by atoms with E-state index in [4.69, 9.17) is 13.2 Å². The summed E-state index contributed by atoms with van der Waals surface area (Å²) >= 11 is 2.89. The Labute approximate surface area is 69.6 Å². The summed E-state index contributed by atoms with van der Waals surface area (Å²) < 4.78 is 0.470. The van der Waals surface area contributed by atoms with Gasteiger partial charge in [-0.05, 0) is 6.58 Å². The third-order valence-corrected chi connectivity index (χ3v) is 0.424. The van der Waals surface area contributed by atoms with Crippen LogP contribution in [0.5, 0.6) is 0 Å². The average molecular weight is 342 g/mol. The normalized spacial score (nSPS) is 5.33. The van der Waals surface area contributed by atoms with Crippen molar-refractivity contribution in [3.05, 3.63) is 23.7 Å². The number of hydrogen-bond acceptors (Lipinski definition) is 0. The zero-order valence-electron chi connectivity index (χ0n) is 3.11. The van der Waals surface area contributed by atoms with Crippen LogP contribution >= 0.6 is 15.9 Å². The van der Waals surface area contributed by atoms with Gasteiger partial charge in [0.05, 0.1) is 4.48 Å². The summed E-state index contributed by atoms with van der Waals surface area (Å²) in [5.74, 6) is 0. The van der Waals surface area contributed by atoms with Crippen molar-refractivity contribution in [3.8, 4) is 0 Å². The van der Waals surface area contributed by atoms with Crippen molar-refractivity contribution < 1.29 is 2.85 Å². The molecule has 4 radical (unpaired) electrons. The third-order valence-electron chi connectivity index (χ3n) is 0.159. The second-order valence-electron chi connectivity index (χ2n) is 0.552. The molecule has 0 aliphatic rings. The van der Waals surface area contributed by atoms with E-state index in [0.29, 0.717) is 4.48 Å². The molecule has 0 rings (SSSR count). The fraction of sp³-hybridized carbons (Fsp3) is 0. The minimum atomic E-state index is 0. The Balaban J connectivity index is -0.0000000267. The molecule has 0 saturated heterocycles. The molecular weight excluding hydrogens is 335 g/mol. The summed E-state index contributed by atoms with van der Waals surface area (Å²) in [7, 11) is 0. The quantitative estimate of drug-likeness (QED) is 0.387. The molecule has 0 aromatic rings. The van der Waals surface area contributed by atoms with E-state index in [1.807, 2.05) is 0 Å². The van der Waals surface area contributed by atoms with Crippen molar-refractivity contribution in [2.45, 2.75) is 0 Å². The van der Waals surface area contributed by atoms with E-state index in [9.17, 15) is 0 Å². The molecule has 0 atom stereocenters. The van der Waals surface area contributed by atoms with Crippen LogP contribution in [0.2, 0.25) is 0 Å². The molecule has 6 heavy (non-hydrogen) atoms. The van der Waals surface area contributed by atoms with E-state index in [0.717, 1.165) is 0 Å². The minimum absolute atomic E-state index is 0. The maximum atomic E-state index is 4.94. The Morgan fingerprint density at radius 1 is 2.00 bits per heavy atom. The van der Waals surface area contributed by atoms with E-state index >= 15 is 0 Å². The Bertz CT molecular complexity index is 65.1. The molecule has 34 valence electrons. The maximum absolute atomic E-state index is 4.94. The fourth-order valence-corrected chi connectivity index (χ4v) is 0. The number of halogens is 1. The van der Waals surface area contributed by atoms with Gasteiger partial charge in [-0.15, -0.1) is 15.9 Å². The Morgan fingerprint density at radius 3 is 2.17 bits per heavy atom. The van der Waals surface area contributed by atoms with E-state index in [1.165, 1.54) is 6.08 Å². The van der Waals surface area contributed by atoms with Crippen molar-refractivity contribution in [3.63, 3.8) is 0 Å². The largest absolute Gasteiger partial charge is 0.186 e. The third kappa shape index (κ3) is 8.84. The first-order valence-electron chi connectivity index (χ1n) is 1.10.